The molecule has 4 heterocycles. The van der Waals surface area contributed by atoms with Gasteiger partial charge in [-0.3, -0.25) is 4.57 Å². The van der Waals surface area contributed by atoms with E-state index in [4.69, 9.17) is 19.9 Å². The molecular formula is C52H32N6. The van der Waals surface area contributed by atoms with Crippen molar-refractivity contribution in [3.05, 3.63) is 194 Å². The average Bonchev–Trinajstić information content (AvgIpc) is 3.82. The van der Waals surface area contributed by atoms with Gasteiger partial charge < -0.3 is 4.57 Å². The van der Waals surface area contributed by atoms with E-state index in [2.05, 4.69) is 197 Å². The minimum atomic E-state index is 0.564. The van der Waals surface area contributed by atoms with Crippen molar-refractivity contribution in [2.45, 2.75) is 0 Å². The highest BCUT2D eigenvalue weighted by Gasteiger charge is 2.22. The molecule has 0 bridgehead atoms. The Balaban J connectivity index is 1.06. The summed E-state index contributed by atoms with van der Waals surface area (Å²) >= 11 is 0. The molecule has 0 aliphatic heterocycles. The Hall–Kier alpha value is -7.96. The van der Waals surface area contributed by atoms with Crippen LogP contribution in [0.25, 0.3) is 111 Å². The quantitative estimate of drug-likeness (QED) is 0.176. The lowest BCUT2D eigenvalue weighted by atomic mass is 10.1. The number of para-hydroxylation sites is 3. The van der Waals surface area contributed by atoms with E-state index in [0.717, 1.165) is 61.0 Å². The van der Waals surface area contributed by atoms with Crippen molar-refractivity contribution >= 4 is 65.2 Å². The van der Waals surface area contributed by atoms with Gasteiger partial charge in [0.2, 0.25) is 0 Å². The number of benzene rings is 8. The first-order chi connectivity index (χ1) is 28.7. The first-order valence-corrected chi connectivity index (χ1v) is 19.5. The molecule has 0 saturated carbocycles. The van der Waals surface area contributed by atoms with Crippen LogP contribution in [0.5, 0.6) is 0 Å². The molecule has 0 unspecified atom stereocenters. The van der Waals surface area contributed by atoms with Crippen molar-refractivity contribution in [2.75, 3.05) is 0 Å². The maximum Gasteiger partial charge on any atom is 0.165 e. The predicted molar refractivity (Wildman–Crippen MR) is 238 cm³/mol. The Morgan fingerprint density at radius 3 is 1.36 bits per heavy atom. The molecule has 58 heavy (non-hydrogen) atoms. The lowest BCUT2D eigenvalue weighted by molar-refractivity contribution is 1.05. The SMILES string of the molecule is c1ccc(-n2c3ccccc3c3ccc4c5ccccc5n(-c5ccc(-c6nc(-c7ccc8ccccc8c7)nc(-c7ccc8ccccc8c7)n6)cn5)c4c32)cc1. The Kier molecular flexibility index (Phi) is 7.13. The topological polar surface area (TPSA) is 61.4 Å². The van der Waals surface area contributed by atoms with Gasteiger partial charge in [-0.05, 0) is 70.1 Å². The molecule has 4 aromatic heterocycles. The molecule has 0 spiro atoms. The molecule has 0 N–H and O–H groups in total. The van der Waals surface area contributed by atoms with E-state index in [1.165, 1.54) is 32.3 Å². The number of hydrogen-bond donors (Lipinski definition) is 0. The monoisotopic (exact) mass is 740 g/mol. The number of nitrogens with zero attached hydrogens (tertiary/aromatic N) is 6. The minimum absolute atomic E-state index is 0.564. The van der Waals surface area contributed by atoms with Gasteiger partial charge in [-0.15, -0.1) is 0 Å². The number of hydrogen-bond acceptors (Lipinski definition) is 4. The fourth-order valence-corrected chi connectivity index (χ4v) is 8.65. The van der Waals surface area contributed by atoms with Crippen LogP contribution < -0.4 is 0 Å². The number of aromatic nitrogens is 6. The van der Waals surface area contributed by atoms with E-state index >= 15 is 0 Å². The Bertz CT molecular complexity index is 3470. The second-order valence-electron chi connectivity index (χ2n) is 14.7. The van der Waals surface area contributed by atoms with Crippen LogP contribution in [0.4, 0.5) is 0 Å². The molecule has 0 fully saturated rings. The van der Waals surface area contributed by atoms with Crippen LogP contribution >= 0.6 is 0 Å². The zero-order valence-corrected chi connectivity index (χ0v) is 31.2. The van der Waals surface area contributed by atoms with Crippen molar-refractivity contribution < 1.29 is 0 Å². The molecule has 0 aliphatic rings. The van der Waals surface area contributed by atoms with Gasteiger partial charge in [0.25, 0.3) is 0 Å². The van der Waals surface area contributed by atoms with E-state index in [1.54, 1.807) is 0 Å². The highest BCUT2D eigenvalue weighted by atomic mass is 15.1. The van der Waals surface area contributed by atoms with E-state index < -0.39 is 0 Å². The first-order valence-electron chi connectivity index (χ1n) is 19.5. The summed E-state index contributed by atoms with van der Waals surface area (Å²) < 4.78 is 4.70. The van der Waals surface area contributed by atoms with E-state index in [0.29, 0.717) is 17.5 Å². The van der Waals surface area contributed by atoms with Gasteiger partial charge in [-0.1, -0.05) is 140 Å². The van der Waals surface area contributed by atoms with E-state index in [-0.39, 0.29) is 0 Å². The van der Waals surface area contributed by atoms with Gasteiger partial charge in [-0.2, -0.15) is 0 Å². The van der Waals surface area contributed by atoms with Crippen LogP contribution in [-0.2, 0) is 0 Å². The minimum Gasteiger partial charge on any atom is -0.307 e. The molecule has 0 atom stereocenters. The molecular weight excluding hydrogens is 709 g/mol. The third-order valence-corrected chi connectivity index (χ3v) is 11.4. The molecule has 12 rings (SSSR count). The molecule has 8 aromatic carbocycles. The van der Waals surface area contributed by atoms with Gasteiger partial charge in [0, 0.05) is 50.1 Å². The zero-order valence-electron chi connectivity index (χ0n) is 31.2. The second-order valence-corrected chi connectivity index (χ2v) is 14.7. The Morgan fingerprint density at radius 2 is 0.793 bits per heavy atom. The highest BCUT2D eigenvalue weighted by molar-refractivity contribution is 6.23. The highest BCUT2D eigenvalue weighted by Crippen LogP contribution is 2.41. The van der Waals surface area contributed by atoms with Crippen LogP contribution in [0, 0.1) is 0 Å². The molecule has 0 aliphatic carbocycles. The molecule has 270 valence electrons. The summed E-state index contributed by atoms with van der Waals surface area (Å²) in [5.74, 6) is 2.60. The van der Waals surface area contributed by atoms with Crippen LogP contribution in [0.1, 0.15) is 0 Å². The Morgan fingerprint density at radius 1 is 0.328 bits per heavy atom. The normalized spacial score (nSPS) is 11.8. The fourth-order valence-electron chi connectivity index (χ4n) is 8.65. The fraction of sp³-hybridized carbons (Fsp3) is 0. The van der Waals surface area contributed by atoms with Gasteiger partial charge in [-0.25, -0.2) is 19.9 Å². The first kappa shape index (κ1) is 32.3. The van der Waals surface area contributed by atoms with Crippen molar-refractivity contribution in [1.82, 2.24) is 29.1 Å². The van der Waals surface area contributed by atoms with Crippen LogP contribution in [0.3, 0.4) is 0 Å². The largest absolute Gasteiger partial charge is 0.307 e. The number of fused-ring (bicyclic) bond motifs is 9. The summed E-state index contributed by atoms with van der Waals surface area (Å²) in [5, 5.41) is 9.35. The summed E-state index contributed by atoms with van der Waals surface area (Å²) in [6.07, 6.45) is 1.90. The van der Waals surface area contributed by atoms with Gasteiger partial charge in [0.05, 0.1) is 22.1 Å². The summed E-state index contributed by atoms with van der Waals surface area (Å²) in [4.78, 5) is 20.5. The van der Waals surface area contributed by atoms with Crippen molar-refractivity contribution in [3.8, 4) is 45.7 Å². The second kappa shape index (κ2) is 12.8. The van der Waals surface area contributed by atoms with Crippen LogP contribution in [-0.4, -0.2) is 29.1 Å². The molecule has 0 radical (unpaired) electrons. The smallest absolute Gasteiger partial charge is 0.165 e. The average molecular weight is 741 g/mol. The van der Waals surface area contributed by atoms with Gasteiger partial charge in [0.1, 0.15) is 5.82 Å². The zero-order chi connectivity index (χ0) is 38.2. The lowest BCUT2D eigenvalue weighted by Crippen LogP contribution is -2.02. The van der Waals surface area contributed by atoms with Crippen molar-refractivity contribution in [3.63, 3.8) is 0 Å². The van der Waals surface area contributed by atoms with Crippen molar-refractivity contribution in [2.24, 2.45) is 0 Å². The van der Waals surface area contributed by atoms with E-state index in [9.17, 15) is 0 Å². The third-order valence-electron chi connectivity index (χ3n) is 11.4. The molecule has 6 heteroatoms. The number of pyridine rings is 1. The van der Waals surface area contributed by atoms with Crippen molar-refractivity contribution in [1.29, 1.82) is 0 Å². The maximum absolute atomic E-state index is 5.20. The summed E-state index contributed by atoms with van der Waals surface area (Å²) in [6, 6.07) is 66.0. The van der Waals surface area contributed by atoms with Gasteiger partial charge in [0.15, 0.2) is 17.5 Å². The summed E-state index contributed by atoms with van der Waals surface area (Å²) in [5.41, 5.74) is 8.28. The summed E-state index contributed by atoms with van der Waals surface area (Å²) in [6.45, 7) is 0. The van der Waals surface area contributed by atoms with Crippen LogP contribution in [0.15, 0.2) is 194 Å². The maximum atomic E-state index is 5.20. The van der Waals surface area contributed by atoms with Gasteiger partial charge >= 0.3 is 0 Å². The molecule has 6 nitrogen and oxygen atoms in total. The molecule has 0 saturated heterocycles. The molecule has 12 aromatic rings. The predicted octanol–water partition coefficient (Wildman–Crippen LogP) is 12.8. The Labute approximate surface area is 333 Å². The number of rotatable bonds is 5. The van der Waals surface area contributed by atoms with E-state index in [1.807, 2.05) is 6.20 Å². The third kappa shape index (κ3) is 5.05. The summed E-state index contributed by atoms with van der Waals surface area (Å²) in [7, 11) is 0. The lowest BCUT2D eigenvalue weighted by Gasteiger charge is -2.12. The standard InChI is InChI=1S/C52H32N6/c1-2-16-40(17-3-1)57-45-20-10-8-18-41(45)43-27-28-44-42-19-9-11-21-46(42)58(49(44)48(43)57)47-29-26-39(32-53-47)52-55-50(37-24-22-33-12-4-6-14-35(33)30-37)54-51(56-52)38-25-23-34-13-5-7-15-36(34)31-38/h1-32H. The molecule has 0 amide bonds. The van der Waals surface area contributed by atoms with Crippen LogP contribution in [0.2, 0.25) is 0 Å².